The first-order valence-electron chi connectivity index (χ1n) is 5.63. The van der Waals surface area contributed by atoms with Crippen molar-refractivity contribution in [2.45, 2.75) is 6.61 Å². The van der Waals surface area contributed by atoms with Gasteiger partial charge in [0, 0.05) is 15.6 Å². The molecule has 2 aromatic carbocycles. The van der Waals surface area contributed by atoms with Crippen LogP contribution in [0.5, 0.6) is 5.75 Å². The second-order valence-electron chi connectivity index (χ2n) is 4.03. The van der Waals surface area contributed by atoms with Crippen molar-refractivity contribution < 1.29 is 18.3 Å². The minimum atomic E-state index is -0.667. The fourth-order valence-electron chi connectivity index (χ4n) is 1.58. The first kappa shape index (κ1) is 14.5. The van der Waals surface area contributed by atoms with E-state index >= 15 is 0 Å². The Labute approximate surface area is 122 Å². The predicted molar refractivity (Wildman–Crippen MR) is 73.3 cm³/mol. The number of hydrogen-bond donors (Lipinski definition) is 1. The van der Waals surface area contributed by atoms with Crippen LogP contribution in [0, 0.1) is 11.6 Å². The molecule has 6 heteroatoms. The second-order valence-corrected chi connectivity index (χ2v) is 4.95. The van der Waals surface area contributed by atoms with Crippen molar-refractivity contribution in [3.63, 3.8) is 0 Å². The summed E-state index contributed by atoms with van der Waals surface area (Å²) in [4.78, 5) is 11.0. The van der Waals surface area contributed by atoms with Gasteiger partial charge in [-0.15, -0.1) is 0 Å². The van der Waals surface area contributed by atoms with Gasteiger partial charge in [-0.05, 0) is 36.4 Å². The topological polar surface area (TPSA) is 52.3 Å². The molecule has 2 N–H and O–H groups in total. The first-order chi connectivity index (χ1) is 9.47. The van der Waals surface area contributed by atoms with Crippen LogP contribution in [0.3, 0.4) is 0 Å². The molecule has 3 nitrogen and oxygen atoms in total. The highest BCUT2D eigenvalue weighted by Gasteiger charge is 2.10. The minimum absolute atomic E-state index is 0.0109. The van der Waals surface area contributed by atoms with Gasteiger partial charge in [0.2, 0.25) is 5.91 Å². The van der Waals surface area contributed by atoms with E-state index in [-0.39, 0.29) is 23.5 Å². The minimum Gasteiger partial charge on any atom is -0.486 e. The van der Waals surface area contributed by atoms with Crippen LogP contribution in [0.4, 0.5) is 8.78 Å². The van der Waals surface area contributed by atoms with E-state index in [1.54, 1.807) is 0 Å². The van der Waals surface area contributed by atoms with Crippen LogP contribution in [0.25, 0.3) is 0 Å². The molecule has 1 amide bonds. The van der Waals surface area contributed by atoms with Crippen LogP contribution in [-0.2, 0) is 6.61 Å². The number of rotatable bonds is 4. The molecule has 0 aliphatic rings. The SMILES string of the molecule is NC(=O)c1ccc(F)c(COc2cc(Br)ccc2F)c1. The molecule has 0 unspecified atom stereocenters. The Kier molecular flexibility index (Phi) is 4.34. The van der Waals surface area contributed by atoms with E-state index in [2.05, 4.69) is 15.9 Å². The molecule has 20 heavy (non-hydrogen) atoms. The van der Waals surface area contributed by atoms with Gasteiger partial charge in [0.25, 0.3) is 0 Å². The normalized spacial score (nSPS) is 10.3. The fourth-order valence-corrected chi connectivity index (χ4v) is 1.92. The van der Waals surface area contributed by atoms with E-state index in [4.69, 9.17) is 10.5 Å². The summed E-state index contributed by atoms with van der Waals surface area (Å²) in [6, 6.07) is 7.88. The summed E-state index contributed by atoms with van der Waals surface area (Å²) in [5.41, 5.74) is 5.41. The molecule has 0 saturated carbocycles. The van der Waals surface area contributed by atoms with Crippen LogP contribution in [0.2, 0.25) is 0 Å². The predicted octanol–water partition coefficient (Wildman–Crippen LogP) is 3.41. The molecule has 0 aliphatic heterocycles. The smallest absolute Gasteiger partial charge is 0.248 e. The highest BCUT2D eigenvalue weighted by Crippen LogP contribution is 2.23. The van der Waals surface area contributed by atoms with Crippen LogP contribution < -0.4 is 10.5 Å². The number of carbonyl (C=O) groups excluding carboxylic acids is 1. The van der Waals surface area contributed by atoms with E-state index in [0.29, 0.717) is 4.47 Å². The van der Waals surface area contributed by atoms with Gasteiger partial charge < -0.3 is 10.5 Å². The molecule has 0 saturated heterocycles. The van der Waals surface area contributed by atoms with Gasteiger partial charge in [0.1, 0.15) is 12.4 Å². The third-order valence-corrected chi connectivity index (χ3v) is 3.10. The Bertz CT molecular complexity index is 662. The monoisotopic (exact) mass is 341 g/mol. The van der Waals surface area contributed by atoms with Crippen molar-refractivity contribution in [1.82, 2.24) is 0 Å². The van der Waals surface area contributed by atoms with Gasteiger partial charge in [-0.3, -0.25) is 4.79 Å². The second kappa shape index (κ2) is 6.00. The standard InChI is InChI=1S/C14H10BrF2NO2/c15-10-2-4-12(17)13(6-10)20-7-9-5-8(14(18)19)1-3-11(9)16/h1-6H,7H2,(H2,18,19). The molecule has 0 radical (unpaired) electrons. The van der Waals surface area contributed by atoms with Gasteiger partial charge in [0.15, 0.2) is 11.6 Å². The Morgan fingerprint density at radius 3 is 2.55 bits per heavy atom. The molecule has 0 aromatic heterocycles. The Balaban J connectivity index is 2.20. The molecule has 104 valence electrons. The van der Waals surface area contributed by atoms with Gasteiger partial charge in [-0.2, -0.15) is 0 Å². The maximum atomic E-state index is 13.6. The Morgan fingerprint density at radius 1 is 1.15 bits per heavy atom. The van der Waals surface area contributed by atoms with Gasteiger partial charge in [-0.1, -0.05) is 15.9 Å². The van der Waals surface area contributed by atoms with Crippen LogP contribution in [-0.4, -0.2) is 5.91 Å². The van der Waals surface area contributed by atoms with Crippen molar-refractivity contribution in [3.05, 3.63) is 63.6 Å². The van der Waals surface area contributed by atoms with E-state index < -0.39 is 17.5 Å². The average Bonchev–Trinajstić information content (AvgIpc) is 2.41. The molecule has 0 atom stereocenters. The molecular weight excluding hydrogens is 332 g/mol. The number of hydrogen-bond acceptors (Lipinski definition) is 2. The lowest BCUT2D eigenvalue weighted by Gasteiger charge is -2.09. The maximum absolute atomic E-state index is 13.6. The number of benzene rings is 2. The largest absolute Gasteiger partial charge is 0.486 e. The van der Waals surface area contributed by atoms with Crippen molar-refractivity contribution in [2.75, 3.05) is 0 Å². The van der Waals surface area contributed by atoms with E-state index in [9.17, 15) is 13.6 Å². The van der Waals surface area contributed by atoms with Crippen LogP contribution in [0.15, 0.2) is 40.9 Å². The molecule has 2 rings (SSSR count). The number of amides is 1. The van der Waals surface area contributed by atoms with Crippen LogP contribution >= 0.6 is 15.9 Å². The summed E-state index contributed by atoms with van der Waals surface area (Å²) < 4.78 is 32.9. The van der Waals surface area contributed by atoms with E-state index in [1.165, 1.54) is 30.3 Å². The van der Waals surface area contributed by atoms with Gasteiger partial charge in [-0.25, -0.2) is 8.78 Å². The summed E-state index contributed by atoms with van der Waals surface area (Å²) in [5.74, 6) is -1.78. The van der Waals surface area contributed by atoms with Gasteiger partial charge in [0.05, 0.1) is 0 Å². The molecular formula is C14H10BrF2NO2. The molecule has 2 aromatic rings. The summed E-state index contributed by atoms with van der Waals surface area (Å²) in [6.45, 7) is -0.208. The van der Waals surface area contributed by atoms with Crippen molar-refractivity contribution in [2.24, 2.45) is 5.73 Å². The molecule has 0 fully saturated rings. The molecule has 0 spiro atoms. The number of halogens is 3. The quantitative estimate of drug-likeness (QED) is 0.926. The number of primary amides is 1. The zero-order chi connectivity index (χ0) is 14.7. The number of carbonyl (C=O) groups is 1. The van der Waals surface area contributed by atoms with E-state index in [0.717, 1.165) is 6.07 Å². The average molecular weight is 342 g/mol. The number of ether oxygens (including phenoxy) is 1. The Morgan fingerprint density at radius 2 is 1.85 bits per heavy atom. The maximum Gasteiger partial charge on any atom is 0.248 e. The molecule has 0 aliphatic carbocycles. The summed E-state index contributed by atoms with van der Waals surface area (Å²) in [5, 5.41) is 0. The first-order valence-corrected chi connectivity index (χ1v) is 6.43. The lowest BCUT2D eigenvalue weighted by molar-refractivity contribution is 0.1000. The highest BCUT2D eigenvalue weighted by atomic mass is 79.9. The van der Waals surface area contributed by atoms with Gasteiger partial charge >= 0.3 is 0 Å². The lowest BCUT2D eigenvalue weighted by Crippen LogP contribution is -2.12. The fraction of sp³-hybridized carbons (Fsp3) is 0.0714. The summed E-state index contributed by atoms with van der Waals surface area (Å²) >= 11 is 3.19. The Hall–Kier alpha value is -1.95. The highest BCUT2D eigenvalue weighted by molar-refractivity contribution is 9.10. The van der Waals surface area contributed by atoms with Crippen molar-refractivity contribution in [1.29, 1.82) is 0 Å². The lowest BCUT2D eigenvalue weighted by atomic mass is 10.1. The molecule has 0 bridgehead atoms. The van der Waals surface area contributed by atoms with Crippen molar-refractivity contribution in [3.8, 4) is 5.75 Å². The zero-order valence-electron chi connectivity index (χ0n) is 10.2. The third-order valence-electron chi connectivity index (χ3n) is 2.61. The van der Waals surface area contributed by atoms with Crippen LogP contribution in [0.1, 0.15) is 15.9 Å². The zero-order valence-corrected chi connectivity index (χ0v) is 11.8. The summed E-state index contributed by atoms with van der Waals surface area (Å²) in [7, 11) is 0. The number of nitrogens with two attached hydrogens (primary N) is 1. The third kappa shape index (κ3) is 3.33. The molecule has 0 heterocycles. The van der Waals surface area contributed by atoms with Crippen molar-refractivity contribution >= 4 is 21.8 Å². The van der Waals surface area contributed by atoms with E-state index in [1.807, 2.05) is 0 Å². The summed E-state index contributed by atoms with van der Waals surface area (Å²) in [6.07, 6.45) is 0.